The third-order valence-electron chi connectivity index (χ3n) is 11.5. The summed E-state index contributed by atoms with van der Waals surface area (Å²) in [6.07, 6.45) is 11.0. The first-order valence-electron chi connectivity index (χ1n) is 20.3. The zero-order chi connectivity index (χ0) is 36.6. The first kappa shape index (κ1) is 37.3. The van der Waals surface area contributed by atoms with Gasteiger partial charge in [0, 0.05) is 80.7 Å². The summed E-state index contributed by atoms with van der Waals surface area (Å²) in [6, 6.07) is 25.6. The van der Waals surface area contributed by atoms with E-state index in [-0.39, 0.29) is 10.8 Å². The molecule has 0 saturated carbocycles. The minimum absolute atomic E-state index is 0.0222. The molecule has 2 aromatic carbocycles. The summed E-state index contributed by atoms with van der Waals surface area (Å²) < 4.78 is 6.74. The van der Waals surface area contributed by atoms with Crippen LogP contribution in [0.4, 0.5) is 5.69 Å². The molecule has 0 unspecified atom stereocenters. The fourth-order valence-electron chi connectivity index (χ4n) is 8.72. The van der Waals surface area contributed by atoms with Crippen molar-refractivity contribution in [3.05, 3.63) is 129 Å². The number of hydrogen-bond donors (Lipinski definition) is 2. The van der Waals surface area contributed by atoms with E-state index in [1.54, 1.807) is 6.07 Å². The Morgan fingerprint density at radius 3 is 2.51 bits per heavy atom. The number of hydrogen-bond acceptors (Lipinski definition) is 6. The number of allylic oxidation sites excluding steroid dienone is 4. The molecule has 3 heterocycles. The van der Waals surface area contributed by atoms with E-state index in [1.807, 2.05) is 6.07 Å². The van der Waals surface area contributed by atoms with Crippen LogP contribution in [0.2, 0.25) is 0 Å². The van der Waals surface area contributed by atoms with Crippen LogP contribution >= 0.6 is 0 Å². The average molecular weight is 715 g/mol. The van der Waals surface area contributed by atoms with Gasteiger partial charge in [0.2, 0.25) is 0 Å². The summed E-state index contributed by atoms with van der Waals surface area (Å²) in [5, 5.41) is 6.20. The van der Waals surface area contributed by atoms with Crippen LogP contribution in [0, 0.1) is 0 Å². The molecule has 0 aromatic heterocycles. The van der Waals surface area contributed by atoms with Crippen molar-refractivity contribution in [2.75, 3.05) is 63.8 Å². The second kappa shape index (κ2) is 17.4. The van der Waals surface area contributed by atoms with E-state index < -0.39 is 0 Å². The summed E-state index contributed by atoms with van der Waals surface area (Å²) in [5.74, 6) is 1.66. The molecule has 7 heteroatoms. The Balaban J connectivity index is 1.07. The van der Waals surface area contributed by atoms with Crippen molar-refractivity contribution in [3.8, 4) is 11.3 Å². The fourth-order valence-corrected chi connectivity index (χ4v) is 8.72. The first-order valence-corrected chi connectivity index (χ1v) is 20.3. The van der Waals surface area contributed by atoms with Crippen LogP contribution in [0.5, 0.6) is 0 Å². The number of anilines is 1. The molecule has 0 bridgehead atoms. The van der Waals surface area contributed by atoms with Crippen molar-refractivity contribution in [1.82, 2.24) is 15.1 Å². The predicted octanol–water partition coefficient (Wildman–Crippen LogP) is 6.81. The molecule has 2 aromatic rings. The molecule has 7 nitrogen and oxygen atoms in total. The minimum atomic E-state index is -0.0775. The van der Waals surface area contributed by atoms with Gasteiger partial charge in [0.25, 0.3) is 0 Å². The van der Waals surface area contributed by atoms with Crippen molar-refractivity contribution < 1.29 is 9.73 Å². The molecule has 53 heavy (non-hydrogen) atoms. The molecule has 7 rings (SSSR count). The van der Waals surface area contributed by atoms with Gasteiger partial charge in [-0.3, -0.25) is 14.6 Å². The monoisotopic (exact) mass is 714 g/mol. The van der Waals surface area contributed by atoms with Gasteiger partial charge in [0.1, 0.15) is 11.5 Å². The van der Waals surface area contributed by atoms with E-state index in [9.17, 15) is 4.79 Å². The zero-order valence-electron chi connectivity index (χ0n) is 32.3. The molecular weight excluding hydrogens is 655 g/mol. The summed E-state index contributed by atoms with van der Waals surface area (Å²) in [7, 11) is 0. The zero-order valence-corrected chi connectivity index (χ0v) is 32.3. The van der Waals surface area contributed by atoms with E-state index in [0.29, 0.717) is 5.76 Å². The number of fused-ring (bicyclic) bond motifs is 3. The molecule has 0 amide bonds. The Hall–Kier alpha value is -4.01. The molecule has 0 spiro atoms. The van der Waals surface area contributed by atoms with Gasteiger partial charge in [0.15, 0.2) is 5.43 Å². The van der Waals surface area contributed by atoms with Gasteiger partial charge in [-0.05, 0) is 97.3 Å². The van der Waals surface area contributed by atoms with Crippen molar-refractivity contribution in [2.24, 2.45) is 0 Å². The number of nitrogens with two attached hydrogens (primary N) is 1. The first-order chi connectivity index (χ1) is 25.9. The lowest BCUT2D eigenvalue weighted by Crippen LogP contribution is -2.85. The summed E-state index contributed by atoms with van der Waals surface area (Å²) >= 11 is 0. The lowest BCUT2D eigenvalue weighted by atomic mass is 9.83. The summed E-state index contributed by atoms with van der Waals surface area (Å²) in [6.45, 7) is 18.1. The van der Waals surface area contributed by atoms with Gasteiger partial charge in [-0.2, -0.15) is 0 Å². The van der Waals surface area contributed by atoms with Crippen LogP contribution in [0.3, 0.4) is 0 Å². The molecule has 0 atom stereocenters. The number of benzene rings is 3. The maximum atomic E-state index is 13.2. The Morgan fingerprint density at radius 1 is 0.830 bits per heavy atom. The molecule has 280 valence electrons. The molecule has 3 aliphatic heterocycles. The predicted molar refractivity (Wildman–Crippen MR) is 218 cm³/mol. The topological polar surface area (TPSA) is 68.6 Å². The van der Waals surface area contributed by atoms with Crippen LogP contribution in [0.1, 0.15) is 80.9 Å². The number of rotatable bonds is 7. The number of para-hydroxylation sites is 1. The summed E-state index contributed by atoms with van der Waals surface area (Å²) in [4.78, 5) is 20.8. The average Bonchev–Trinajstić information content (AvgIpc) is 3.37. The van der Waals surface area contributed by atoms with E-state index in [1.165, 1.54) is 33.6 Å². The largest absolute Gasteiger partial charge is 0.456 e. The maximum absolute atomic E-state index is 13.2. The number of nitrogens with one attached hydrogen (secondary N) is 1. The van der Waals surface area contributed by atoms with E-state index in [2.05, 4.69) is 119 Å². The molecule has 0 radical (unpaired) electrons. The second-order valence-corrected chi connectivity index (χ2v) is 15.8. The number of quaternary nitrogens is 1. The highest BCUT2D eigenvalue weighted by atomic mass is 16.3. The Bertz CT molecular complexity index is 1890. The number of aryl methyl sites for hydroxylation is 1. The molecule has 1 fully saturated rings. The Kier molecular flexibility index (Phi) is 12.3. The van der Waals surface area contributed by atoms with Gasteiger partial charge < -0.3 is 20.0 Å². The van der Waals surface area contributed by atoms with Gasteiger partial charge in [-0.15, -0.1) is 0 Å². The van der Waals surface area contributed by atoms with Crippen LogP contribution in [-0.2, 0) is 24.9 Å². The lowest BCUT2D eigenvalue weighted by Gasteiger charge is -2.27. The van der Waals surface area contributed by atoms with E-state index in [0.717, 1.165) is 127 Å². The highest BCUT2D eigenvalue weighted by molar-refractivity contribution is 5.75. The second-order valence-electron chi connectivity index (χ2n) is 15.8. The lowest BCUT2D eigenvalue weighted by molar-refractivity contribution is -0.654. The Morgan fingerprint density at radius 2 is 1.64 bits per heavy atom. The standard InChI is InChI=1S/C46H59N5O2/c1-4-25-51-42-18-9-8-17-41(42)46(2,3)44(51)20-19-36-15-10-16-37-31-40-38(30-39(52)32-43(40)53-45(36)37)34-50-27-12-22-47-23-28-49(26-11-21-48-24-29-50)33-35-13-6-5-7-14-35/h5-9,13-14,17-20,30-32,47-48H,4,10-12,15-16,21-29,33-34H2,1-3H3/p+1. The van der Waals surface area contributed by atoms with Crippen LogP contribution in [0.25, 0.3) is 16.9 Å². The van der Waals surface area contributed by atoms with Crippen molar-refractivity contribution in [3.63, 3.8) is 0 Å². The van der Waals surface area contributed by atoms with Crippen molar-refractivity contribution in [1.29, 1.82) is 0 Å². The molecule has 1 saturated heterocycles. The highest BCUT2D eigenvalue weighted by Crippen LogP contribution is 2.48. The molecule has 3 N–H and O–H groups in total. The molecule has 5 aliphatic rings. The van der Waals surface area contributed by atoms with Gasteiger partial charge in [-0.25, -0.2) is 0 Å². The smallest absolute Gasteiger partial charge is 0.182 e. The SMILES string of the molecule is CCCN1C(=CC=C2CCCc3cc4c(CN5CCC[NH2+]CCN(Cc6ccccc6)CCCNCC5)cc(=O)cc-4oc32)C(C)(C)c2ccccc21. The number of nitrogens with zero attached hydrogens (tertiary/aromatic N) is 3. The van der Waals surface area contributed by atoms with Gasteiger partial charge >= 0.3 is 0 Å². The van der Waals surface area contributed by atoms with Crippen molar-refractivity contribution >= 4 is 11.3 Å². The maximum Gasteiger partial charge on any atom is 0.182 e. The van der Waals surface area contributed by atoms with Gasteiger partial charge in [-0.1, -0.05) is 75.4 Å². The molecule has 2 aliphatic carbocycles. The van der Waals surface area contributed by atoms with Crippen LogP contribution < -0.4 is 21.0 Å². The van der Waals surface area contributed by atoms with Crippen LogP contribution in [0.15, 0.2) is 99.9 Å². The third kappa shape index (κ3) is 8.87. The van der Waals surface area contributed by atoms with Crippen LogP contribution in [-0.4, -0.2) is 68.7 Å². The third-order valence-corrected chi connectivity index (χ3v) is 11.5. The minimum Gasteiger partial charge on any atom is -0.456 e. The quantitative estimate of drug-likeness (QED) is 0.220. The van der Waals surface area contributed by atoms with E-state index >= 15 is 0 Å². The summed E-state index contributed by atoms with van der Waals surface area (Å²) in [5.41, 5.74) is 10.0. The van der Waals surface area contributed by atoms with Crippen molar-refractivity contribution in [2.45, 2.75) is 77.8 Å². The van der Waals surface area contributed by atoms with E-state index in [4.69, 9.17) is 4.42 Å². The molecular formula is C46H60N5O2+. The normalized spacial score (nSPS) is 20.8. The Labute approximate surface area is 317 Å². The fraction of sp³-hybridized carbons (Fsp3) is 0.457. The van der Waals surface area contributed by atoms with Gasteiger partial charge in [0.05, 0.1) is 13.1 Å². The highest BCUT2D eigenvalue weighted by Gasteiger charge is 2.39.